The minimum absolute atomic E-state index is 0.0166. The number of fused-ring (bicyclic) bond motifs is 1. The van der Waals surface area contributed by atoms with Gasteiger partial charge in [-0.2, -0.15) is 0 Å². The van der Waals surface area contributed by atoms with E-state index in [-0.39, 0.29) is 25.0 Å². The predicted molar refractivity (Wildman–Crippen MR) is 119 cm³/mol. The van der Waals surface area contributed by atoms with Crippen molar-refractivity contribution in [3.05, 3.63) is 60.2 Å². The first kappa shape index (κ1) is 21.8. The number of amides is 2. The van der Waals surface area contributed by atoms with E-state index in [1.165, 1.54) is 10.5 Å². The van der Waals surface area contributed by atoms with Gasteiger partial charge in [0.25, 0.3) is 5.91 Å². The Labute approximate surface area is 178 Å². The van der Waals surface area contributed by atoms with Crippen LogP contribution >= 0.6 is 0 Å². The predicted octanol–water partition coefficient (Wildman–Crippen LogP) is 3.22. The van der Waals surface area contributed by atoms with Crippen molar-refractivity contribution in [3.63, 3.8) is 0 Å². The van der Waals surface area contributed by atoms with Gasteiger partial charge in [-0.3, -0.25) is 19.4 Å². The molecule has 0 aliphatic carbocycles. The Morgan fingerprint density at radius 1 is 1.07 bits per heavy atom. The van der Waals surface area contributed by atoms with E-state index in [2.05, 4.69) is 41.4 Å². The van der Waals surface area contributed by atoms with Gasteiger partial charge >= 0.3 is 0 Å². The van der Waals surface area contributed by atoms with Gasteiger partial charge < -0.3 is 10.1 Å². The summed E-state index contributed by atoms with van der Waals surface area (Å²) >= 11 is 0. The topological polar surface area (TPSA) is 61.9 Å². The molecule has 3 rings (SSSR count). The number of rotatable bonds is 11. The summed E-state index contributed by atoms with van der Waals surface area (Å²) in [5, 5.41) is 2.96. The lowest BCUT2D eigenvalue weighted by atomic mass is 10.2. The van der Waals surface area contributed by atoms with Gasteiger partial charge in [-0.05, 0) is 37.1 Å². The van der Waals surface area contributed by atoms with Crippen LogP contribution in [0.3, 0.4) is 0 Å². The number of hydrogen-bond donors (Lipinski definition) is 1. The summed E-state index contributed by atoms with van der Waals surface area (Å²) in [4.78, 5) is 28.5. The first-order valence-corrected chi connectivity index (χ1v) is 10.7. The molecule has 30 heavy (non-hydrogen) atoms. The fourth-order valence-corrected chi connectivity index (χ4v) is 3.55. The van der Waals surface area contributed by atoms with Crippen molar-refractivity contribution in [2.75, 3.05) is 37.7 Å². The smallest absolute Gasteiger partial charge is 0.265 e. The second-order valence-electron chi connectivity index (χ2n) is 7.56. The van der Waals surface area contributed by atoms with E-state index in [9.17, 15) is 9.59 Å². The van der Waals surface area contributed by atoms with Gasteiger partial charge in [0.05, 0.1) is 5.69 Å². The molecule has 0 aromatic heterocycles. The van der Waals surface area contributed by atoms with E-state index < -0.39 is 0 Å². The zero-order valence-electron chi connectivity index (χ0n) is 17.7. The standard InChI is InChI=1S/C24H31N3O3/c1-2-3-15-26(17-20-10-5-4-6-11-20)16-9-14-25-23(28)18-27-21-12-7-8-13-22(21)30-19-24(27)29/h4-8,10-13H,2-3,9,14-19H2,1H3,(H,25,28). The van der Waals surface area contributed by atoms with Crippen LogP contribution in [0.5, 0.6) is 5.75 Å². The first-order valence-electron chi connectivity index (χ1n) is 10.7. The molecule has 160 valence electrons. The Morgan fingerprint density at radius 2 is 1.80 bits per heavy atom. The van der Waals surface area contributed by atoms with Crippen LogP contribution in [0.1, 0.15) is 31.7 Å². The molecule has 0 fully saturated rings. The maximum absolute atomic E-state index is 12.4. The molecule has 1 aliphatic heterocycles. The zero-order chi connectivity index (χ0) is 21.2. The fourth-order valence-electron chi connectivity index (χ4n) is 3.55. The van der Waals surface area contributed by atoms with Crippen LogP contribution in [-0.4, -0.2) is 49.5 Å². The Bertz CT molecular complexity index is 825. The van der Waals surface area contributed by atoms with E-state index in [0.717, 1.165) is 38.9 Å². The molecule has 0 spiro atoms. The third kappa shape index (κ3) is 6.32. The zero-order valence-corrected chi connectivity index (χ0v) is 17.7. The Hall–Kier alpha value is -2.86. The van der Waals surface area contributed by atoms with Gasteiger partial charge in [0.2, 0.25) is 5.91 Å². The lowest BCUT2D eigenvalue weighted by Gasteiger charge is -2.28. The van der Waals surface area contributed by atoms with Crippen molar-refractivity contribution in [1.29, 1.82) is 0 Å². The minimum Gasteiger partial charge on any atom is -0.482 e. The minimum atomic E-state index is -0.197. The molecule has 0 atom stereocenters. The summed E-state index contributed by atoms with van der Waals surface area (Å²) in [5.74, 6) is 0.290. The second-order valence-corrected chi connectivity index (χ2v) is 7.56. The average Bonchev–Trinajstić information content (AvgIpc) is 2.77. The van der Waals surface area contributed by atoms with Gasteiger partial charge in [-0.15, -0.1) is 0 Å². The maximum atomic E-state index is 12.4. The molecule has 1 N–H and O–H groups in total. The number of carbonyl (C=O) groups excluding carboxylic acids is 2. The number of unbranched alkanes of at least 4 members (excludes halogenated alkanes) is 1. The van der Waals surface area contributed by atoms with Gasteiger partial charge in [0.15, 0.2) is 6.61 Å². The normalized spacial score (nSPS) is 13.1. The van der Waals surface area contributed by atoms with Crippen molar-refractivity contribution in [1.82, 2.24) is 10.2 Å². The van der Waals surface area contributed by atoms with Crippen LogP contribution in [0, 0.1) is 0 Å². The van der Waals surface area contributed by atoms with Crippen LogP contribution in [0.25, 0.3) is 0 Å². The van der Waals surface area contributed by atoms with E-state index in [1.54, 1.807) is 6.07 Å². The number of benzene rings is 2. The van der Waals surface area contributed by atoms with E-state index in [0.29, 0.717) is 18.0 Å². The maximum Gasteiger partial charge on any atom is 0.265 e. The molecule has 2 aromatic rings. The number of nitrogens with one attached hydrogen (secondary N) is 1. The Kier molecular flexibility index (Phi) is 8.27. The number of hydrogen-bond acceptors (Lipinski definition) is 4. The Balaban J connectivity index is 1.44. The number of anilines is 1. The molecule has 0 radical (unpaired) electrons. The molecule has 6 heteroatoms. The quantitative estimate of drug-likeness (QED) is 0.579. The largest absolute Gasteiger partial charge is 0.482 e. The molecule has 0 saturated carbocycles. The third-order valence-electron chi connectivity index (χ3n) is 5.16. The monoisotopic (exact) mass is 409 g/mol. The highest BCUT2D eigenvalue weighted by Gasteiger charge is 2.26. The van der Waals surface area contributed by atoms with Crippen LogP contribution < -0.4 is 15.0 Å². The summed E-state index contributed by atoms with van der Waals surface area (Å²) in [7, 11) is 0. The van der Waals surface area contributed by atoms with Gasteiger partial charge in [-0.1, -0.05) is 55.8 Å². The summed E-state index contributed by atoms with van der Waals surface area (Å²) in [6.07, 6.45) is 3.20. The van der Waals surface area contributed by atoms with E-state index >= 15 is 0 Å². The Morgan fingerprint density at radius 3 is 2.60 bits per heavy atom. The highest BCUT2D eigenvalue weighted by molar-refractivity contribution is 6.02. The molecule has 1 aliphatic rings. The van der Waals surface area contributed by atoms with Crippen molar-refractivity contribution >= 4 is 17.5 Å². The number of nitrogens with zero attached hydrogens (tertiary/aromatic N) is 2. The molecular weight excluding hydrogens is 378 g/mol. The number of para-hydroxylation sites is 2. The molecular formula is C24H31N3O3. The fraction of sp³-hybridized carbons (Fsp3) is 0.417. The lowest BCUT2D eigenvalue weighted by Crippen LogP contribution is -2.45. The van der Waals surface area contributed by atoms with Crippen molar-refractivity contribution < 1.29 is 14.3 Å². The van der Waals surface area contributed by atoms with Crippen molar-refractivity contribution in [3.8, 4) is 5.75 Å². The molecule has 1 heterocycles. The second kappa shape index (κ2) is 11.4. The molecule has 2 aromatic carbocycles. The average molecular weight is 410 g/mol. The SMILES string of the molecule is CCCCN(CCCNC(=O)CN1C(=O)COc2ccccc21)Cc1ccccc1. The van der Waals surface area contributed by atoms with Crippen molar-refractivity contribution in [2.24, 2.45) is 0 Å². The summed E-state index contributed by atoms with van der Waals surface area (Å²) < 4.78 is 5.42. The van der Waals surface area contributed by atoms with Crippen LogP contribution in [0.4, 0.5) is 5.69 Å². The summed E-state index contributed by atoms with van der Waals surface area (Å²) in [6, 6.07) is 17.8. The number of ether oxygens (including phenoxy) is 1. The molecule has 0 bridgehead atoms. The lowest BCUT2D eigenvalue weighted by molar-refractivity contribution is -0.125. The molecule has 0 saturated heterocycles. The van der Waals surface area contributed by atoms with Gasteiger partial charge in [-0.25, -0.2) is 0 Å². The van der Waals surface area contributed by atoms with E-state index in [1.807, 2.05) is 24.3 Å². The molecule has 2 amide bonds. The van der Waals surface area contributed by atoms with Crippen LogP contribution in [0.2, 0.25) is 0 Å². The van der Waals surface area contributed by atoms with Crippen LogP contribution in [-0.2, 0) is 16.1 Å². The highest BCUT2D eigenvalue weighted by Crippen LogP contribution is 2.31. The third-order valence-corrected chi connectivity index (χ3v) is 5.16. The van der Waals surface area contributed by atoms with Crippen molar-refractivity contribution in [2.45, 2.75) is 32.7 Å². The van der Waals surface area contributed by atoms with Gasteiger partial charge in [0, 0.05) is 19.6 Å². The summed E-state index contributed by atoms with van der Waals surface area (Å²) in [6.45, 7) is 5.68. The summed E-state index contributed by atoms with van der Waals surface area (Å²) in [5.41, 5.74) is 1.96. The van der Waals surface area contributed by atoms with E-state index in [4.69, 9.17) is 4.74 Å². The first-order chi connectivity index (χ1) is 14.7. The number of carbonyl (C=O) groups is 2. The molecule has 6 nitrogen and oxygen atoms in total. The molecule has 0 unspecified atom stereocenters. The van der Waals surface area contributed by atoms with Crippen LogP contribution in [0.15, 0.2) is 54.6 Å². The highest BCUT2D eigenvalue weighted by atomic mass is 16.5. The van der Waals surface area contributed by atoms with Gasteiger partial charge in [0.1, 0.15) is 12.3 Å².